The molecule has 5 nitrogen and oxygen atoms in total. The molecule has 0 radical (unpaired) electrons. The van der Waals surface area contributed by atoms with Crippen molar-refractivity contribution in [3.8, 4) is 5.75 Å². The van der Waals surface area contributed by atoms with E-state index in [9.17, 15) is 4.79 Å². The molecule has 1 N–H and O–H groups in total. The summed E-state index contributed by atoms with van der Waals surface area (Å²) in [4.78, 5) is 11.5. The van der Waals surface area contributed by atoms with Gasteiger partial charge in [-0.15, -0.1) is 0 Å². The maximum atomic E-state index is 11.5. The zero-order valence-electron chi connectivity index (χ0n) is 14.2. The average Bonchev–Trinajstić information content (AvgIpc) is 2.53. The number of carbonyl (C=O) groups is 1. The Kier molecular flexibility index (Phi) is 5.95. The molecular formula is C19H22N2O3. The molecule has 0 unspecified atom stereocenters. The normalized spacial score (nSPS) is 11.3. The van der Waals surface area contributed by atoms with E-state index in [1.165, 1.54) is 0 Å². The van der Waals surface area contributed by atoms with Gasteiger partial charge in [-0.05, 0) is 56.2 Å². The summed E-state index contributed by atoms with van der Waals surface area (Å²) in [6.45, 7) is 5.91. The summed E-state index contributed by atoms with van der Waals surface area (Å²) in [7, 11) is 0. The molecule has 0 aliphatic rings. The number of amides is 1. The van der Waals surface area contributed by atoms with E-state index in [1.54, 1.807) is 27.0 Å². The van der Waals surface area contributed by atoms with Crippen LogP contribution in [0, 0.1) is 0 Å². The monoisotopic (exact) mass is 326 g/mol. The van der Waals surface area contributed by atoms with Gasteiger partial charge in [-0.2, -0.15) is 5.10 Å². The highest BCUT2D eigenvalue weighted by Gasteiger charge is 2.15. The lowest BCUT2D eigenvalue weighted by Crippen LogP contribution is -2.29. The Hall–Kier alpha value is -2.82. The van der Waals surface area contributed by atoms with Crippen molar-refractivity contribution in [3.05, 3.63) is 65.7 Å². The van der Waals surface area contributed by atoms with Crippen LogP contribution in [0.25, 0.3) is 0 Å². The number of hydrogen-bond donors (Lipinski definition) is 1. The fraction of sp³-hybridized carbons (Fsp3) is 0.263. The molecule has 0 heterocycles. The first kappa shape index (κ1) is 17.5. The molecule has 0 aliphatic carbocycles. The Morgan fingerprint density at radius 2 is 1.75 bits per heavy atom. The number of nitrogens with zero attached hydrogens (tertiary/aromatic N) is 1. The molecule has 2 aromatic rings. The molecule has 0 spiro atoms. The van der Waals surface area contributed by atoms with E-state index in [4.69, 9.17) is 9.47 Å². The SMILES string of the molecule is CC(C)(C)OC(=O)NN=Cc1ccc(OCc2ccccc2)cc1. The highest BCUT2D eigenvalue weighted by atomic mass is 16.6. The molecule has 0 atom stereocenters. The first-order valence-electron chi connectivity index (χ1n) is 7.71. The van der Waals surface area contributed by atoms with Gasteiger partial charge in [0.2, 0.25) is 0 Å². The predicted octanol–water partition coefficient (Wildman–Crippen LogP) is 4.12. The summed E-state index contributed by atoms with van der Waals surface area (Å²) in [5, 5.41) is 3.86. The molecule has 126 valence electrons. The fourth-order valence-electron chi connectivity index (χ4n) is 1.85. The van der Waals surface area contributed by atoms with E-state index in [0.29, 0.717) is 6.61 Å². The van der Waals surface area contributed by atoms with Gasteiger partial charge in [-0.25, -0.2) is 10.2 Å². The second-order valence-corrected chi connectivity index (χ2v) is 6.22. The molecule has 0 fully saturated rings. The van der Waals surface area contributed by atoms with Gasteiger partial charge >= 0.3 is 6.09 Å². The van der Waals surface area contributed by atoms with Crippen LogP contribution >= 0.6 is 0 Å². The molecular weight excluding hydrogens is 304 g/mol. The number of benzene rings is 2. The van der Waals surface area contributed by atoms with Crippen LogP contribution < -0.4 is 10.2 Å². The zero-order valence-corrected chi connectivity index (χ0v) is 14.2. The summed E-state index contributed by atoms with van der Waals surface area (Å²) < 4.78 is 10.8. The van der Waals surface area contributed by atoms with Crippen LogP contribution in [0.3, 0.4) is 0 Å². The summed E-state index contributed by atoms with van der Waals surface area (Å²) in [5.74, 6) is 0.774. The number of hydrogen-bond acceptors (Lipinski definition) is 4. The quantitative estimate of drug-likeness (QED) is 0.664. The predicted molar refractivity (Wildman–Crippen MR) is 94.2 cm³/mol. The molecule has 24 heavy (non-hydrogen) atoms. The van der Waals surface area contributed by atoms with Gasteiger partial charge in [-0.3, -0.25) is 0 Å². The highest BCUT2D eigenvalue weighted by molar-refractivity contribution is 5.81. The molecule has 2 aromatic carbocycles. The lowest BCUT2D eigenvalue weighted by atomic mass is 10.2. The number of ether oxygens (including phenoxy) is 2. The molecule has 0 bridgehead atoms. The second-order valence-electron chi connectivity index (χ2n) is 6.22. The zero-order chi connectivity index (χ0) is 17.4. The van der Waals surface area contributed by atoms with Crippen molar-refractivity contribution < 1.29 is 14.3 Å². The maximum absolute atomic E-state index is 11.5. The minimum absolute atomic E-state index is 0.522. The second kappa shape index (κ2) is 8.15. The van der Waals surface area contributed by atoms with Crippen molar-refractivity contribution in [2.75, 3.05) is 0 Å². The number of carbonyl (C=O) groups excluding carboxylic acids is 1. The summed E-state index contributed by atoms with van der Waals surface area (Å²) >= 11 is 0. The van der Waals surface area contributed by atoms with Gasteiger partial charge in [0.1, 0.15) is 18.0 Å². The summed E-state index contributed by atoms with van der Waals surface area (Å²) in [5.41, 5.74) is 3.74. The van der Waals surface area contributed by atoms with Crippen molar-refractivity contribution in [1.82, 2.24) is 5.43 Å². The summed E-state index contributed by atoms with van der Waals surface area (Å²) in [6, 6.07) is 17.4. The van der Waals surface area contributed by atoms with E-state index in [0.717, 1.165) is 16.9 Å². The smallest absolute Gasteiger partial charge is 0.428 e. The third kappa shape index (κ3) is 6.52. The van der Waals surface area contributed by atoms with Crippen molar-refractivity contribution in [1.29, 1.82) is 0 Å². The van der Waals surface area contributed by atoms with Crippen LogP contribution in [0.4, 0.5) is 4.79 Å². The Morgan fingerprint density at radius 3 is 2.38 bits per heavy atom. The Labute approximate surface area is 142 Å². The van der Waals surface area contributed by atoms with Gasteiger partial charge in [0.25, 0.3) is 0 Å². The standard InChI is InChI=1S/C19H22N2O3/c1-19(2,3)24-18(22)21-20-13-15-9-11-17(12-10-15)23-14-16-7-5-4-6-8-16/h4-13H,14H2,1-3H3,(H,21,22). The van der Waals surface area contributed by atoms with Gasteiger partial charge in [0, 0.05) is 0 Å². The average molecular weight is 326 g/mol. The molecule has 5 heteroatoms. The Morgan fingerprint density at radius 1 is 1.08 bits per heavy atom. The molecule has 1 amide bonds. The Balaban J connectivity index is 1.81. The van der Waals surface area contributed by atoms with Crippen molar-refractivity contribution >= 4 is 12.3 Å². The van der Waals surface area contributed by atoms with E-state index >= 15 is 0 Å². The molecule has 2 rings (SSSR count). The maximum Gasteiger partial charge on any atom is 0.428 e. The van der Waals surface area contributed by atoms with Crippen LogP contribution in [0.1, 0.15) is 31.9 Å². The van der Waals surface area contributed by atoms with E-state index in [1.807, 2.05) is 54.6 Å². The minimum atomic E-state index is -0.582. The fourth-order valence-corrected chi connectivity index (χ4v) is 1.85. The molecule has 0 aliphatic heterocycles. The molecule has 0 saturated carbocycles. The van der Waals surface area contributed by atoms with Gasteiger partial charge in [0.05, 0.1) is 6.21 Å². The molecule has 0 aromatic heterocycles. The first-order chi connectivity index (χ1) is 11.4. The van der Waals surface area contributed by atoms with Crippen LogP contribution in [-0.2, 0) is 11.3 Å². The highest BCUT2D eigenvalue weighted by Crippen LogP contribution is 2.13. The van der Waals surface area contributed by atoms with E-state index in [2.05, 4.69) is 10.5 Å². The largest absolute Gasteiger partial charge is 0.489 e. The number of hydrazone groups is 1. The lowest BCUT2D eigenvalue weighted by molar-refractivity contribution is 0.0529. The van der Waals surface area contributed by atoms with Crippen molar-refractivity contribution in [2.45, 2.75) is 33.0 Å². The van der Waals surface area contributed by atoms with E-state index < -0.39 is 11.7 Å². The van der Waals surface area contributed by atoms with Crippen LogP contribution in [-0.4, -0.2) is 17.9 Å². The first-order valence-corrected chi connectivity index (χ1v) is 7.71. The van der Waals surface area contributed by atoms with Gasteiger partial charge in [-0.1, -0.05) is 30.3 Å². The van der Waals surface area contributed by atoms with Crippen LogP contribution in [0.5, 0.6) is 5.75 Å². The number of nitrogens with one attached hydrogen (secondary N) is 1. The Bertz CT molecular complexity index is 674. The van der Waals surface area contributed by atoms with Gasteiger partial charge < -0.3 is 9.47 Å². The lowest BCUT2D eigenvalue weighted by Gasteiger charge is -2.18. The molecule has 0 saturated heterocycles. The minimum Gasteiger partial charge on any atom is -0.489 e. The third-order valence-electron chi connectivity index (χ3n) is 2.90. The van der Waals surface area contributed by atoms with Crippen LogP contribution in [0.15, 0.2) is 59.7 Å². The third-order valence-corrected chi connectivity index (χ3v) is 2.90. The van der Waals surface area contributed by atoms with E-state index in [-0.39, 0.29) is 0 Å². The summed E-state index contributed by atoms with van der Waals surface area (Å²) in [6.07, 6.45) is 0.965. The van der Waals surface area contributed by atoms with Crippen LogP contribution in [0.2, 0.25) is 0 Å². The van der Waals surface area contributed by atoms with Crippen molar-refractivity contribution in [3.63, 3.8) is 0 Å². The topological polar surface area (TPSA) is 59.9 Å². The van der Waals surface area contributed by atoms with Gasteiger partial charge in [0.15, 0.2) is 0 Å². The number of rotatable bonds is 5. The van der Waals surface area contributed by atoms with Crippen molar-refractivity contribution in [2.24, 2.45) is 5.10 Å².